The number of H-pyrrole nitrogens is 3. The van der Waals surface area contributed by atoms with Crippen LogP contribution in [0.2, 0.25) is 10.0 Å². The number of halogens is 2. The van der Waals surface area contributed by atoms with Gasteiger partial charge >= 0.3 is 0 Å². The lowest BCUT2D eigenvalue weighted by Gasteiger charge is -2.32. The lowest BCUT2D eigenvalue weighted by Crippen LogP contribution is -2.34. The smallest absolute Gasteiger partial charge is 0.161 e. The van der Waals surface area contributed by atoms with E-state index in [1.54, 1.807) is 33.2 Å². The summed E-state index contributed by atoms with van der Waals surface area (Å²) in [6.45, 7) is 14.0. The van der Waals surface area contributed by atoms with Gasteiger partial charge in [-0.25, -0.2) is 44.9 Å². The van der Waals surface area contributed by atoms with E-state index >= 15 is 0 Å². The second-order valence-corrected chi connectivity index (χ2v) is 30.0. The highest BCUT2D eigenvalue weighted by Crippen LogP contribution is 2.43. The van der Waals surface area contributed by atoms with Crippen molar-refractivity contribution in [2.45, 2.75) is 103 Å². The molecule has 110 heavy (non-hydrogen) atoms. The number of hydrogen-bond acceptors (Lipinski definition) is 14. The Labute approximate surface area is 652 Å². The van der Waals surface area contributed by atoms with E-state index in [1.807, 2.05) is 91.0 Å². The molecule has 0 amide bonds. The number of benzene rings is 6. The van der Waals surface area contributed by atoms with Crippen LogP contribution >= 0.6 is 23.2 Å². The van der Waals surface area contributed by atoms with Gasteiger partial charge < -0.3 is 39.1 Å². The lowest BCUT2D eigenvalue weighted by atomic mass is 9.96. The third-order valence-electron chi connectivity index (χ3n) is 22.3. The summed E-state index contributed by atoms with van der Waals surface area (Å²) in [5.41, 5.74) is 26.7. The molecule has 3 aliphatic heterocycles. The van der Waals surface area contributed by atoms with Crippen LogP contribution in [0, 0.1) is 52.4 Å². The summed E-state index contributed by atoms with van der Waals surface area (Å²) in [5, 5.41) is 1.48. The highest BCUT2D eigenvalue weighted by Gasteiger charge is 2.33. The van der Waals surface area contributed by atoms with Crippen molar-refractivity contribution in [1.29, 1.82) is 0 Å². The van der Waals surface area contributed by atoms with Gasteiger partial charge in [0, 0.05) is 148 Å². The molecule has 3 saturated heterocycles. The van der Waals surface area contributed by atoms with Crippen molar-refractivity contribution in [1.82, 2.24) is 59.8 Å². The Morgan fingerprint density at radius 1 is 0.382 bits per heavy atom. The minimum absolute atomic E-state index is 0.365. The molecule has 17 nitrogen and oxygen atoms in total. The van der Waals surface area contributed by atoms with Crippen molar-refractivity contribution >= 4 is 75.6 Å². The van der Waals surface area contributed by atoms with E-state index in [-0.39, 0.29) is 0 Å². The minimum Gasteiger partial charge on any atom is -0.493 e. The van der Waals surface area contributed by atoms with E-state index in [9.17, 15) is 0 Å². The van der Waals surface area contributed by atoms with Gasteiger partial charge in [-0.15, -0.1) is 12.8 Å². The van der Waals surface area contributed by atoms with Crippen molar-refractivity contribution in [3.63, 3.8) is 0 Å². The molecule has 19 heteroatoms. The summed E-state index contributed by atoms with van der Waals surface area (Å²) in [6.07, 6.45) is 31.6. The molecule has 0 atom stereocenters. The van der Waals surface area contributed by atoms with Crippen LogP contribution in [0.25, 0.3) is 68.7 Å². The number of ether oxygens (including phenoxy) is 2. The molecule has 6 aromatic heterocycles. The van der Waals surface area contributed by atoms with Gasteiger partial charge in [-0.1, -0.05) is 113 Å². The number of anilines is 3. The summed E-state index contributed by atoms with van der Waals surface area (Å²) < 4.78 is 10.9. The fourth-order valence-electron chi connectivity index (χ4n) is 16.2. The molecule has 0 spiro atoms. The Kier molecular flexibility index (Phi) is 20.9. The Hall–Kier alpha value is -11.9. The van der Waals surface area contributed by atoms with E-state index in [0.29, 0.717) is 29.3 Å². The second kappa shape index (κ2) is 31.7. The fourth-order valence-corrected chi connectivity index (χ4v) is 16.4. The Balaban J connectivity index is 0.000000126. The number of nitrogens with zero attached hydrogens (tertiary/aromatic N) is 12. The molecule has 3 N–H and O–H groups in total. The Morgan fingerprint density at radius 2 is 0.691 bits per heavy atom. The fraction of sp³-hybridized carbons (Fsp3) is 0.264. The summed E-state index contributed by atoms with van der Waals surface area (Å²) in [5.74, 6) is 14.3. The minimum atomic E-state index is 0.365. The van der Waals surface area contributed by atoms with Crippen LogP contribution in [-0.2, 0) is 19.3 Å². The van der Waals surface area contributed by atoms with Gasteiger partial charge in [0.1, 0.15) is 53.9 Å². The molecule has 6 aromatic carbocycles. The van der Waals surface area contributed by atoms with E-state index in [4.69, 9.17) is 75.4 Å². The number of nitrogens with one attached hydrogen (secondary N) is 3. The van der Waals surface area contributed by atoms with Crippen molar-refractivity contribution < 1.29 is 9.47 Å². The molecule has 12 aromatic rings. The van der Waals surface area contributed by atoms with Crippen molar-refractivity contribution in [3.05, 3.63) is 270 Å². The zero-order chi connectivity index (χ0) is 75.5. The Bertz CT molecular complexity index is 5560. The average molecular weight is 1490 g/mol. The number of methoxy groups -OCH3 is 2. The molecular weight excluding hydrogens is 1410 g/mol. The molecule has 6 aliphatic rings. The molecule has 0 bridgehead atoms. The third-order valence-corrected chi connectivity index (χ3v) is 22.8. The zero-order valence-electron chi connectivity index (χ0n) is 62.7. The summed E-state index contributed by atoms with van der Waals surface area (Å²) in [4.78, 5) is 60.8. The molecule has 9 heterocycles. The van der Waals surface area contributed by atoms with Crippen molar-refractivity contribution in [2.75, 3.05) is 68.2 Å². The molecule has 0 radical (unpaired) electrons. The highest BCUT2D eigenvalue weighted by molar-refractivity contribution is 6.31. The maximum absolute atomic E-state index is 6.06. The van der Waals surface area contributed by atoms with Crippen molar-refractivity contribution in [2.24, 2.45) is 0 Å². The highest BCUT2D eigenvalue weighted by atomic mass is 35.5. The van der Waals surface area contributed by atoms with Gasteiger partial charge in [0.15, 0.2) is 11.5 Å². The van der Waals surface area contributed by atoms with Crippen LogP contribution in [0.4, 0.5) is 17.5 Å². The number of terminal acetylenes is 2. The van der Waals surface area contributed by atoms with E-state index in [0.717, 1.165) is 232 Å². The zero-order valence-corrected chi connectivity index (χ0v) is 64.2. The maximum Gasteiger partial charge on any atom is 0.161 e. The SMILES string of the molecule is C#Cc1ccc(C2=Cc3c(ncnc3N3CCC(c4nc(-c5ccc(Cl)cc5)c(C)[nH]4)CC3)C2)cc1.C#Cc1ccc(C2=Cc3c(ncnc3N3CCC(c4nc(-c5ccc(OC)c(OC)c5)c(C)[nH]4)CC3)C2)cc1.Cc1ccc(C2=Cc3c(ncnc3N3CCC(c4nc(-c5ccc(Cl)cc5)c(C)[nH]4)CC3)C2)cc1. The number of fused-ring (bicyclic) bond motifs is 3. The van der Waals surface area contributed by atoms with Gasteiger partial charge in [0.05, 0.1) is 48.4 Å². The molecule has 3 aliphatic carbocycles. The van der Waals surface area contributed by atoms with E-state index in [2.05, 4.69) is 151 Å². The van der Waals surface area contributed by atoms with Crippen LogP contribution in [-0.4, -0.2) is 113 Å². The topological polar surface area (TPSA) is 192 Å². The molecular formula is C91H85Cl2N15O2. The van der Waals surface area contributed by atoms with E-state index in [1.165, 1.54) is 44.5 Å². The number of allylic oxidation sites excluding steroid dienone is 3. The molecule has 0 saturated carbocycles. The lowest BCUT2D eigenvalue weighted by molar-refractivity contribution is 0.355. The predicted octanol–water partition coefficient (Wildman–Crippen LogP) is 18.6. The summed E-state index contributed by atoms with van der Waals surface area (Å²) in [7, 11) is 3.30. The Morgan fingerprint density at radius 3 is 1.02 bits per heavy atom. The molecule has 18 rings (SSSR count). The van der Waals surface area contributed by atoms with Gasteiger partial charge in [-0.05, 0) is 185 Å². The number of piperidine rings is 3. The van der Waals surface area contributed by atoms with Crippen LogP contribution in [0.5, 0.6) is 11.5 Å². The molecule has 550 valence electrons. The number of imidazole rings is 3. The van der Waals surface area contributed by atoms with Gasteiger partial charge in [0.2, 0.25) is 0 Å². The largest absolute Gasteiger partial charge is 0.493 e. The monoisotopic (exact) mass is 1490 g/mol. The average Bonchev–Trinajstić information content (AvgIpc) is 1.64. The predicted molar refractivity (Wildman–Crippen MR) is 443 cm³/mol. The van der Waals surface area contributed by atoms with E-state index < -0.39 is 0 Å². The quantitative estimate of drug-likeness (QED) is 0.0871. The van der Waals surface area contributed by atoms with Gasteiger partial charge in [-0.3, -0.25) is 0 Å². The van der Waals surface area contributed by atoms with Gasteiger partial charge in [-0.2, -0.15) is 0 Å². The first-order valence-corrected chi connectivity index (χ1v) is 38.5. The molecule has 3 fully saturated rings. The first-order chi connectivity index (χ1) is 53.7. The van der Waals surface area contributed by atoms with Gasteiger partial charge in [0.25, 0.3) is 0 Å². The number of hydrogen-bond donors (Lipinski definition) is 3. The number of rotatable bonds is 14. The van der Waals surface area contributed by atoms with Crippen LogP contribution in [0.15, 0.2) is 159 Å². The second-order valence-electron chi connectivity index (χ2n) is 29.2. The molecule has 0 unspecified atom stereocenters. The van der Waals surface area contributed by atoms with Crippen LogP contribution < -0.4 is 24.2 Å². The number of aromatic nitrogens is 12. The maximum atomic E-state index is 6.06. The summed E-state index contributed by atoms with van der Waals surface area (Å²) in [6, 6.07) is 46.8. The standard InChI is InChI=1S/C32H31N5O2.C30H26ClN5.C29H28ClN5/c1-5-21-6-8-22(9-7-21)25-16-26-27(17-25)33-19-34-32(26)37-14-12-23(13-15-37)31-35-20(2)30(36-31)24-10-11-28(38-3)29(18-24)39-4;1-3-20-4-6-21(7-5-20)24-16-26-27(17-24)32-18-33-30(26)36-14-12-23(13-15-36)29-34-19(2)28(35-29)22-8-10-25(31)11-9-22;1-18-3-5-20(6-4-18)23-15-25-26(16-23)31-17-32-29(25)35-13-11-22(12-14-35)28-33-19(2)27(34-28)21-7-9-24(30)10-8-21/h1,6-11,16,18-19,23H,12-15,17H2,2-4H3,(H,35,36);1,4-11,16,18,23H,12-15,17H2,2H3,(H,34,35);3-10,15,17,22H,11-14,16H2,1-2H3,(H,33,34). The van der Waals surface area contributed by atoms with Crippen LogP contribution in [0.3, 0.4) is 0 Å². The first kappa shape index (κ1) is 72.3. The number of aryl methyl sites for hydroxylation is 4. The third kappa shape index (κ3) is 15.2. The first-order valence-electron chi connectivity index (χ1n) is 37.7. The van der Waals surface area contributed by atoms with Crippen LogP contribution in [0.1, 0.15) is 158 Å². The van der Waals surface area contributed by atoms with Crippen molar-refractivity contribution in [3.8, 4) is 70.0 Å². The summed E-state index contributed by atoms with van der Waals surface area (Å²) >= 11 is 12.1. The normalized spacial score (nSPS) is 15.4. The number of aromatic amines is 3.